The standard InChI is InChI=1S/C11H17NO4S2/c1-9(12(2)18(4,15)16)10-5-7-11(8-6-10)17(3,13)14/h5-9H,1-4H3/t9-/m1/s1. The van der Waals surface area contributed by atoms with E-state index in [2.05, 4.69) is 0 Å². The molecule has 1 aromatic carbocycles. The first-order chi connectivity index (χ1) is 8.03. The molecule has 0 aliphatic heterocycles. The van der Waals surface area contributed by atoms with Gasteiger partial charge in [0.2, 0.25) is 10.0 Å². The third-order valence-corrected chi connectivity index (χ3v) is 5.35. The van der Waals surface area contributed by atoms with Crippen LogP contribution in [0.4, 0.5) is 0 Å². The predicted octanol–water partition coefficient (Wildman–Crippen LogP) is 1.04. The van der Waals surface area contributed by atoms with Gasteiger partial charge in [-0.1, -0.05) is 12.1 Å². The molecule has 0 saturated carbocycles. The minimum absolute atomic E-state index is 0.223. The van der Waals surface area contributed by atoms with Crippen molar-refractivity contribution in [1.82, 2.24) is 4.31 Å². The number of hydrogen-bond acceptors (Lipinski definition) is 4. The zero-order valence-corrected chi connectivity index (χ0v) is 12.4. The van der Waals surface area contributed by atoms with Crippen LogP contribution in [0.3, 0.4) is 0 Å². The van der Waals surface area contributed by atoms with Gasteiger partial charge in [0.15, 0.2) is 9.84 Å². The molecule has 7 heteroatoms. The Morgan fingerprint density at radius 2 is 1.44 bits per heavy atom. The third-order valence-electron chi connectivity index (χ3n) is 2.86. The molecular weight excluding hydrogens is 274 g/mol. The molecule has 0 spiro atoms. The monoisotopic (exact) mass is 291 g/mol. The van der Waals surface area contributed by atoms with Crippen molar-refractivity contribution >= 4 is 19.9 Å². The topological polar surface area (TPSA) is 71.5 Å². The van der Waals surface area contributed by atoms with Gasteiger partial charge < -0.3 is 0 Å². The van der Waals surface area contributed by atoms with Gasteiger partial charge in [-0.2, -0.15) is 4.31 Å². The molecule has 0 radical (unpaired) electrons. The van der Waals surface area contributed by atoms with Gasteiger partial charge in [0.25, 0.3) is 0 Å². The van der Waals surface area contributed by atoms with Crippen LogP contribution in [0.15, 0.2) is 29.2 Å². The quantitative estimate of drug-likeness (QED) is 0.831. The fraction of sp³-hybridized carbons (Fsp3) is 0.455. The number of benzene rings is 1. The van der Waals surface area contributed by atoms with Gasteiger partial charge in [-0.25, -0.2) is 16.8 Å². The molecule has 102 valence electrons. The van der Waals surface area contributed by atoms with Gasteiger partial charge in [0.1, 0.15) is 0 Å². The molecule has 0 heterocycles. The Morgan fingerprint density at radius 3 is 1.78 bits per heavy atom. The molecule has 0 bridgehead atoms. The number of nitrogens with zero attached hydrogens (tertiary/aromatic N) is 1. The molecular formula is C11H17NO4S2. The van der Waals surface area contributed by atoms with Crippen LogP contribution in [-0.2, 0) is 19.9 Å². The Bertz CT molecular complexity index is 618. The van der Waals surface area contributed by atoms with Gasteiger partial charge in [0.05, 0.1) is 11.2 Å². The average molecular weight is 291 g/mol. The summed E-state index contributed by atoms with van der Waals surface area (Å²) in [5.74, 6) is 0. The highest BCUT2D eigenvalue weighted by Gasteiger charge is 2.20. The zero-order chi connectivity index (χ0) is 14.1. The highest BCUT2D eigenvalue weighted by molar-refractivity contribution is 7.90. The van der Waals surface area contributed by atoms with Crippen molar-refractivity contribution in [2.24, 2.45) is 0 Å². The lowest BCUT2D eigenvalue weighted by molar-refractivity contribution is 0.402. The Morgan fingerprint density at radius 1 is 1.00 bits per heavy atom. The van der Waals surface area contributed by atoms with Crippen LogP contribution in [-0.4, -0.2) is 40.7 Å². The SMILES string of the molecule is C[C@H](c1ccc(S(C)(=O)=O)cc1)N(C)S(C)(=O)=O. The van der Waals surface area contributed by atoms with E-state index in [-0.39, 0.29) is 10.9 Å². The number of rotatable bonds is 4. The highest BCUT2D eigenvalue weighted by atomic mass is 32.2. The van der Waals surface area contributed by atoms with E-state index in [1.54, 1.807) is 19.1 Å². The Balaban J connectivity index is 3.07. The Kier molecular flexibility index (Phi) is 4.19. The second-order valence-electron chi connectivity index (χ2n) is 4.30. The van der Waals surface area contributed by atoms with E-state index >= 15 is 0 Å². The fourth-order valence-electron chi connectivity index (χ4n) is 1.49. The first kappa shape index (κ1) is 15.1. The van der Waals surface area contributed by atoms with Crippen LogP contribution >= 0.6 is 0 Å². The molecule has 0 N–H and O–H groups in total. The largest absolute Gasteiger partial charge is 0.224 e. The second-order valence-corrected chi connectivity index (χ2v) is 8.35. The summed E-state index contributed by atoms with van der Waals surface area (Å²) in [5, 5.41) is 0. The van der Waals surface area contributed by atoms with E-state index in [0.717, 1.165) is 18.1 Å². The molecule has 0 aliphatic rings. The molecule has 5 nitrogen and oxygen atoms in total. The van der Waals surface area contributed by atoms with Crippen LogP contribution < -0.4 is 0 Å². The van der Waals surface area contributed by atoms with Crippen molar-refractivity contribution in [2.45, 2.75) is 17.9 Å². The van der Waals surface area contributed by atoms with Crippen LogP contribution in [0.1, 0.15) is 18.5 Å². The predicted molar refractivity (Wildman–Crippen MR) is 70.6 cm³/mol. The number of sulfonamides is 1. The fourth-order valence-corrected chi connectivity index (χ4v) is 2.82. The zero-order valence-electron chi connectivity index (χ0n) is 10.8. The van der Waals surface area contributed by atoms with Crippen molar-refractivity contribution in [2.75, 3.05) is 19.6 Å². The second kappa shape index (κ2) is 4.99. The van der Waals surface area contributed by atoms with E-state index in [1.807, 2.05) is 0 Å². The van der Waals surface area contributed by atoms with Gasteiger partial charge >= 0.3 is 0 Å². The first-order valence-corrected chi connectivity index (χ1v) is 9.00. The van der Waals surface area contributed by atoms with Gasteiger partial charge in [-0.15, -0.1) is 0 Å². The average Bonchev–Trinajstić information content (AvgIpc) is 2.25. The molecule has 0 saturated heterocycles. The maximum Gasteiger partial charge on any atom is 0.211 e. The molecule has 0 amide bonds. The smallest absolute Gasteiger partial charge is 0.211 e. The van der Waals surface area contributed by atoms with Gasteiger partial charge in [-0.3, -0.25) is 0 Å². The molecule has 0 aromatic heterocycles. The van der Waals surface area contributed by atoms with Crippen LogP contribution in [0.2, 0.25) is 0 Å². The van der Waals surface area contributed by atoms with E-state index in [0.29, 0.717) is 0 Å². The molecule has 0 unspecified atom stereocenters. The summed E-state index contributed by atoms with van der Waals surface area (Å²) in [6.07, 6.45) is 2.27. The summed E-state index contributed by atoms with van der Waals surface area (Å²) in [6, 6.07) is 5.88. The number of sulfone groups is 1. The maximum atomic E-state index is 11.4. The maximum absolute atomic E-state index is 11.4. The summed E-state index contributed by atoms with van der Waals surface area (Å²) in [5.41, 5.74) is 0.746. The lowest BCUT2D eigenvalue weighted by Gasteiger charge is -2.22. The molecule has 1 aromatic rings. The lowest BCUT2D eigenvalue weighted by atomic mass is 10.1. The van der Waals surface area contributed by atoms with Gasteiger partial charge in [-0.05, 0) is 24.6 Å². The summed E-state index contributed by atoms with van der Waals surface area (Å²) in [6.45, 7) is 1.75. The van der Waals surface area contributed by atoms with E-state index in [4.69, 9.17) is 0 Å². The van der Waals surface area contributed by atoms with E-state index in [9.17, 15) is 16.8 Å². The van der Waals surface area contributed by atoms with Crippen LogP contribution in [0.5, 0.6) is 0 Å². The van der Waals surface area contributed by atoms with Crippen LogP contribution in [0, 0.1) is 0 Å². The summed E-state index contributed by atoms with van der Waals surface area (Å²) in [7, 11) is -5.01. The molecule has 0 aliphatic carbocycles. The van der Waals surface area contributed by atoms with Crippen molar-refractivity contribution in [3.8, 4) is 0 Å². The lowest BCUT2D eigenvalue weighted by Crippen LogP contribution is -2.28. The van der Waals surface area contributed by atoms with Gasteiger partial charge in [0, 0.05) is 19.3 Å². The van der Waals surface area contributed by atoms with Crippen molar-refractivity contribution in [3.63, 3.8) is 0 Å². The molecule has 18 heavy (non-hydrogen) atoms. The van der Waals surface area contributed by atoms with Crippen molar-refractivity contribution < 1.29 is 16.8 Å². The Hall–Kier alpha value is -0.920. The highest BCUT2D eigenvalue weighted by Crippen LogP contribution is 2.22. The van der Waals surface area contributed by atoms with E-state index < -0.39 is 19.9 Å². The minimum Gasteiger partial charge on any atom is -0.224 e. The number of hydrogen-bond donors (Lipinski definition) is 0. The van der Waals surface area contributed by atoms with E-state index in [1.165, 1.54) is 23.5 Å². The third kappa shape index (κ3) is 3.54. The van der Waals surface area contributed by atoms with Crippen LogP contribution in [0.25, 0.3) is 0 Å². The molecule has 1 rings (SSSR count). The van der Waals surface area contributed by atoms with Crippen molar-refractivity contribution in [1.29, 1.82) is 0 Å². The summed E-state index contributed by atoms with van der Waals surface area (Å²) in [4.78, 5) is 0.223. The molecule has 0 fully saturated rings. The Labute approximate surface area is 108 Å². The molecule has 1 atom stereocenters. The van der Waals surface area contributed by atoms with Crippen molar-refractivity contribution in [3.05, 3.63) is 29.8 Å². The summed E-state index contributed by atoms with van der Waals surface area (Å²) < 4.78 is 46.6. The minimum atomic E-state index is -3.27. The summed E-state index contributed by atoms with van der Waals surface area (Å²) >= 11 is 0. The first-order valence-electron chi connectivity index (χ1n) is 5.26. The normalized spacial score (nSPS) is 14.7.